The molecule has 4 rings (SSSR count). The summed E-state index contributed by atoms with van der Waals surface area (Å²) in [5.41, 5.74) is 4.99. The largest absolute Gasteiger partial charge is 0.348 e. The number of hydrogen-bond acceptors (Lipinski definition) is 3. The van der Waals surface area contributed by atoms with Gasteiger partial charge in [0, 0.05) is 35.8 Å². The molecule has 0 radical (unpaired) electrons. The van der Waals surface area contributed by atoms with Gasteiger partial charge in [0.2, 0.25) is 0 Å². The van der Waals surface area contributed by atoms with Gasteiger partial charge in [0.1, 0.15) is 0 Å². The molecule has 1 amide bonds. The zero-order chi connectivity index (χ0) is 20.1. The third kappa shape index (κ3) is 4.78. The Kier molecular flexibility index (Phi) is 5.81. The van der Waals surface area contributed by atoms with Crippen LogP contribution in [-0.4, -0.2) is 20.7 Å². The maximum atomic E-state index is 12.4. The Labute approximate surface area is 177 Å². The standard InChI is InChI=1S/C23H19BrN4O/c24-21-12-20(13-25-15-21)23(29)26-14-19-4-1-2-5-22(19)18-8-6-17(7-9-18)16-28-11-3-10-27-28/h1-13,15H,14,16H2,(H,26,29). The van der Waals surface area contributed by atoms with E-state index in [2.05, 4.69) is 61.7 Å². The summed E-state index contributed by atoms with van der Waals surface area (Å²) in [5.74, 6) is -0.150. The van der Waals surface area contributed by atoms with Gasteiger partial charge >= 0.3 is 0 Å². The molecule has 6 heteroatoms. The summed E-state index contributed by atoms with van der Waals surface area (Å²) in [4.78, 5) is 16.5. The van der Waals surface area contributed by atoms with Gasteiger partial charge in [0.25, 0.3) is 5.91 Å². The van der Waals surface area contributed by atoms with E-state index in [0.29, 0.717) is 12.1 Å². The maximum Gasteiger partial charge on any atom is 0.253 e. The zero-order valence-electron chi connectivity index (χ0n) is 15.6. The predicted octanol–water partition coefficient (Wildman–Crippen LogP) is 4.69. The lowest BCUT2D eigenvalue weighted by Crippen LogP contribution is -2.23. The highest BCUT2D eigenvalue weighted by atomic mass is 79.9. The topological polar surface area (TPSA) is 59.8 Å². The fourth-order valence-electron chi connectivity index (χ4n) is 3.14. The molecule has 2 heterocycles. The van der Waals surface area contributed by atoms with E-state index in [1.807, 2.05) is 35.1 Å². The van der Waals surface area contributed by atoms with Crippen molar-refractivity contribution in [3.05, 3.63) is 107 Å². The lowest BCUT2D eigenvalue weighted by Gasteiger charge is -2.12. The van der Waals surface area contributed by atoms with Crippen molar-refractivity contribution in [2.75, 3.05) is 0 Å². The first-order chi connectivity index (χ1) is 14.2. The molecule has 0 aliphatic carbocycles. The average Bonchev–Trinajstić information content (AvgIpc) is 3.26. The van der Waals surface area contributed by atoms with Crippen LogP contribution in [0.2, 0.25) is 0 Å². The molecule has 29 heavy (non-hydrogen) atoms. The summed E-state index contributed by atoms with van der Waals surface area (Å²) in [5, 5.41) is 7.23. The Bertz CT molecular complexity index is 1110. The molecule has 0 bridgehead atoms. The lowest BCUT2D eigenvalue weighted by molar-refractivity contribution is 0.0950. The van der Waals surface area contributed by atoms with E-state index in [1.165, 1.54) is 5.56 Å². The smallest absolute Gasteiger partial charge is 0.253 e. The van der Waals surface area contributed by atoms with Crippen LogP contribution in [0.1, 0.15) is 21.5 Å². The number of carbonyl (C=O) groups is 1. The second-order valence-corrected chi connectivity index (χ2v) is 7.55. The highest BCUT2D eigenvalue weighted by Gasteiger charge is 2.09. The Morgan fingerprint density at radius 1 is 1.03 bits per heavy atom. The van der Waals surface area contributed by atoms with Gasteiger partial charge < -0.3 is 5.32 Å². The quantitative estimate of drug-likeness (QED) is 0.467. The van der Waals surface area contributed by atoms with Crippen molar-refractivity contribution < 1.29 is 4.79 Å². The molecule has 1 N–H and O–H groups in total. The average molecular weight is 447 g/mol. The van der Waals surface area contributed by atoms with Crippen LogP contribution < -0.4 is 5.32 Å². The summed E-state index contributed by atoms with van der Waals surface area (Å²) >= 11 is 3.34. The number of aromatic nitrogens is 3. The van der Waals surface area contributed by atoms with Crippen molar-refractivity contribution in [2.24, 2.45) is 0 Å². The number of benzene rings is 2. The second-order valence-electron chi connectivity index (χ2n) is 6.63. The Morgan fingerprint density at radius 3 is 2.62 bits per heavy atom. The van der Waals surface area contributed by atoms with E-state index in [9.17, 15) is 4.79 Å². The van der Waals surface area contributed by atoms with Crippen LogP contribution in [-0.2, 0) is 13.1 Å². The SMILES string of the molecule is O=C(NCc1ccccc1-c1ccc(Cn2cccn2)cc1)c1cncc(Br)c1. The molecule has 5 nitrogen and oxygen atoms in total. The van der Waals surface area contributed by atoms with Crippen LogP contribution in [0.3, 0.4) is 0 Å². The van der Waals surface area contributed by atoms with Gasteiger partial charge in [-0.3, -0.25) is 14.5 Å². The molecule has 2 aromatic heterocycles. The number of pyridine rings is 1. The molecule has 2 aromatic carbocycles. The number of rotatable bonds is 6. The van der Waals surface area contributed by atoms with E-state index >= 15 is 0 Å². The maximum absolute atomic E-state index is 12.4. The summed E-state index contributed by atoms with van der Waals surface area (Å²) < 4.78 is 2.68. The molecule has 144 valence electrons. The molecular weight excluding hydrogens is 428 g/mol. The first-order valence-electron chi connectivity index (χ1n) is 9.22. The Morgan fingerprint density at radius 2 is 1.86 bits per heavy atom. The van der Waals surface area contributed by atoms with Gasteiger partial charge in [-0.25, -0.2) is 0 Å². The van der Waals surface area contributed by atoms with Gasteiger partial charge in [-0.15, -0.1) is 0 Å². The molecular formula is C23H19BrN4O. The van der Waals surface area contributed by atoms with E-state index in [4.69, 9.17) is 0 Å². The molecule has 0 spiro atoms. The van der Waals surface area contributed by atoms with E-state index in [0.717, 1.165) is 27.7 Å². The molecule has 0 aliphatic heterocycles. The van der Waals surface area contributed by atoms with Crippen molar-refractivity contribution >= 4 is 21.8 Å². The highest BCUT2D eigenvalue weighted by Crippen LogP contribution is 2.24. The minimum Gasteiger partial charge on any atom is -0.348 e. The number of amides is 1. The minimum atomic E-state index is -0.150. The fourth-order valence-corrected chi connectivity index (χ4v) is 3.51. The van der Waals surface area contributed by atoms with E-state index in [1.54, 1.807) is 24.7 Å². The predicted molar refractivity (Wildman–Crippen MR) is 116 cm³/mol. The molecule has 0 aliphatic rings. The number of nitrogens with zero attached hydrogens (tertiary/aromatic N) is 3. The van der Waals surface area contributed by atoms with Crippen molar-refractivity contribution in [1.29, 1.82) is 0 Å². The Hall–Kier alpha value is -3.25. The van der Waals surface area contributed by atoms with Crippen molar-refractivity contribution in [3.63, 3.8) is 0 Å². The number of halogens is 1. The van der Waals surface area contributed by atoms with Crippen LogP contribution in [0, 0.1) is 0 Å². The van der Waals surface area contributed by atoms with Crippen molar-refractivity contribution in [1.82, 2.24) is 20.1 Å². The van der Waals surface area contributed by atoms with Crippen LogP contribution in [0.4, 0.5) is 0 Å². The zero-order valence-corrected chi connectivity index (χ0v) is 17.2. The van der Waals surface area contributed by atoms with Gasteiger partial charge in [0.05, 0.1) is 12.1 Å². The van der Waals surface area contributed by atoms with Crippen LogP contribution >= 0.6 is 15.9 Å². The normalized spacial score (nSPS) is 10.7. The molecule has 0 saturated carbocycles. The van der Waals surface area contributed by atoms with Gasteiger partial charge in [-0.2, -0.15) is 5.10 Å². The molecule has 0 saturated heterocycles. The van der Waals surface area contributed by atoms with Crippen molar-refractivity contribution in [3.8, 4) is 11.1 Å². The molecule has 0 unspecified atom stereocenters. The summed E-state index contributed by atoms with van der Waals surface area (Å²) in [7, 11) is 0. The van der Waals surface area contributed by atoms with Gasteiger partial charge in [0.15, 0.2) is 0 Å². The lowest BCUT2D eigenvalue weighted by atomic mass is 9.98. The van der Waals surface area contributed by atoms with Gasteiger partial charge in [-0.1, -0.05) is 48.5 Å². The van der Waals surface area contributed by atoms with E-state index < -0.39 is 0 Å². The third-order valence-electron chi connectivity index (χ3n) is 4.59. The summed E-state index contributed by atoms with van der Waals surface area (Å²) in [6.07, 6.45) is 6.95. The first-order valence-corrected chi connectivity index (χ1v) is 10.0. The molecule has 0 fully saturated rings. The third-order valence-corrected chi connectivity index (χ3v) is 5.03. The minimum absolute atomic E-state index is 0.150. The fraction of sp³-hybridized carbons (Fsp3) is 0.0870. The monoisotopic (exact) mass is 446 g/mol. The molecule has 4 aromatic rings. The van der Waals surface area contributed by atoms with Gasteiger partial charge in [-0.05, 0) is 50.3 Å². The second kappa shape index (κ2) is 8.84. The number of nitrogens with one attached hydrogen (secondary N) is 1. The van der Waals surface area contributed by atoms with E-state index in [-0.39, 0.29) is 5.91 Å². The first kappa shape index (κ1) is 19.1. The number of hydrogen-bond donors (Lipinski definition) is 1. The summed E-state index contributed by atoms with van der Waals surface area (Å²) in [6.45, 7) is 1.18. The highest BCUT2D eigenvalue weighted by molar-refractivity contribution is 9.10. The van der Waals surface area contributed by atoms with Crippen LogP contribution in [0.25, 0.3) is 11.1 Å². The Balaban J connectivity index is 1.48. The van der Waals surface area contributed by atoms with Crippen LogP contribution in [0.5, 0.6) is 0 Å². The number of carbonyl (C=O) groups excluding carboxylic acids is 1. The molecule has 0 atom stereocenters. The van der Waals surface area contributed by atoms with Crippen molar-refractivity contribution in [2.45, 2.75) is 13.1 Å². The van der Waals surface area contributed by atoms with Crippen LogP contribution in [0.15, 0.2) is 89.9 Å². The summed E-state index contributed by atoms with van der Waals surface area (Å²) in [6, 6.07) is 20.2.